The van der Waals surface area contributed by atoms with Gasteiger partial charge in [-0.25, -0.2) is 0 Å². The molecule has 0 aromatic carbocycles. The van der Waals surface area contributed by atoms with E-state index in [2.05, 4.69) is 39.5 Å². The van der Waals surface area contributed by atoms with E-state index < -0.39 is 0 Å². The van der Waals surface area contributed by atoms with Crippen LogP contribution >= 0.6 is 0 Å². The molecular weight excluding hydrogens is 530 g/mol. The third-order valence-electron chi connectivity index (χ3n) is 10.6. The third kappa shape index (κ3) is 31.9. The predicted molar refractivity (Wildman–Crippen MR) is 204 cm³/mol. The molecule has 0 aliphatic rings. The molecule has 0 aromatic rings. The molecule has 0 heterocycles. The standard InChI is InChI=1S/C43H89N/c1-6-9-12-15-18-20-22-24-26-28-30-32-35-38-41-44(43(4,5)40-37-34-17-14-11-8-3)42-39-36-33-31-29-27-25-23-21-19-16-13-10-7-2/h6-42H2,1-5H3. The van der Waals surface area contributed by atoms with E-state index in [0.717, 1.165) is 0 Å². The van der Waals surface area contributed by atoms with Crippen molar-refractivity contribution in [1.82, 2.24) is 4.90 Å². The van der Waals surface area contributed by atoms with Crippen molar-refractivity contribution in [3.63, 3.8) is 0 Å². The molecular formula is C43H89N. The minimum Gasteiger partial charge on any atom is -0.298 e. The highest BCUT2D eigenvalue weighted by atomic mass is 15.2. The van der Waals surface area contributed by atoms with Gasteiger partial charge in [0.15, 0.2) is 0 Å². The molecule has 0 amide bonds. The van der Waals surface area contributed by atoms with E-state index in [0.29, 0.717) is 5.54 Å². The summed E-state index contributed by atoms with van der Waals surface area (Å²) in [4.78, 5) is 2.92. The molecule has 0 atom stereocenters. The fourth-order valence-electron chi connectivity index (χ4n) is 7.21. The van der Waals surface area contributed by atoms with E-state index in [1.54, 1.807) is 0 Å². The minimum atomic E-state index is 0.373. The summed E-state index contributed by atoms with van der Waals surface area (Å²) in [5.41, 5.74) is 0.373. The zero-order valence-electron chi connectivity index (χ0n) is 32.1. The Morgan fingerprint density at radius 2 is 0.477 bits per heavy atom. The van der Waals surface area contributed by atoms with Crippen molar-refractivity contribution in [2.45, 2.75) is 265 Å². The number of hydrogen-bond donors (Lipinski definition) is 0. The molecule has 0 aliphatic carbocycles. The number of unbranched alkanes of at least 4 members (excludes halogenated alkanes) is 31. The highest BCUT2D eigenvalue weighted by Crippen LogP contribution is 2.25. The maximum absolute atomic E-state index is 2.92. The molecule has 1 heteroatoms. The molecule has 0 radical (unpaired) electrons. The topological polar surface area (TPSA) is 3.24 Å². The highest BCUT2D eigenvalue weighted by molar-refractivity contribution is 4.81. The number of hydrogen-bond acceptors (Lipinski definition) is 1. The van der Waals surface area contributed by atoms with Crippen LogP contribution in [0.25, 0.3) is 0 Å². The smallest absolute Gasteiger partial charge is 0.0153 e. The Morgan fingerprint density at radius 3 is 0.727 bits per heavy atom. The molecule has 0 aromatic heterocycles. The van der Waals surface area contributed by atoms with E-state index >= 15 is 0 Å². The highest BCUT2D eigenvalue weighted by Gasteiger charge is 2.25. The zero-order valence-corrected chi connectivity index (χ0v) is 32.1. The van der Waals surface area contributed by atoms with Crippen molar-refractivity contribution in [2.75, 3.05) is 13.1 Å². The molecule has 0 bridgehead atoms. The summed E-state index contributed by atoms with van der Waals surface area (Å²) in [6.07, 6.45) is 50.7. The van der Waals surface area contributed by atoms with Crippen LogP contribution in [0.2, 0.25) is 0 Å². The van der Waals surface area contributed by atoms with Gasteiger partial charge in [0.2, 0.25) is 0 Å². The molecule has 0 unspecified atom stereocenters. The maximum atomic E-state index is 2.92. The Kier molecular flexibility index (Phi) is 35.8. The third-order valence-corrected chi connectivity index (χ3v) is 10.6. The fraction of sp³-hybridized carbons (Fsp3) is 1.00. The van der Waals surface area contributed by atoms with Crippen LogP contribution in [-0.4, -0.2) is 23.5 Å². The predicted octanol–water partition coefficient (Wildman–Crippen LogP) is 15.8. The largest absolute Gasteiger partial charge is 0.298 e. The molecule has 0 saturated carbocycles. The first-order chi connectivity index (χ1) is 21.6. The zero-order chi connectivity index (χ0) is 32.2. The molecule has 0 saturated heterocycles. The second-order valence-electron chi connectivity index (χ2n) is 15.5. The van der Waals surface area contributed by atoms with Crippen LogP contribution in [0.5, 0.6) is 0 Å². The maximum Gasteiger partial charge on any atom is 0.0153 e. The first-order valence-corrected chi connectivity index (χ1v) is 21.3. The summed E-state index contributed by atoms with van der Waals surface area (Å²) in [6, 6.07) is 0. The van der Waals surface area contributed by atoms with Crippen molar-refractivity contribution in [2.24, 2.45) is 0 Å². The Labute approximate surface area is 282 Å². The first kappa shape index (κ1) is 44.0. The van der Waals surface area contributed by atoms with Crippen LogP contribution in [0, 0.1) is 0 Å². The summed E-state index contributed by atoms with van der Waals surface area (Å²) in [6.45, 7) is 14.7. The van der Waals surface area contributed by atoms with Gasteiger partial charge in [-0.15, -0.1) is 0 Å². The van der Waals surface area contributed by atoms with Crippen LogP contribution in [0.4, 0.5) is 0 Å². The van der Waals surface area contributed by atoms with Crippen LogP contribution < -0.4 is 0 Å². The number of nitrogens with zero attached hydrogens (tertiary/aromatic N) is 1. The Morgan fingerprint density at radius 1 is 0.273 bits per heavy atom. The van der Waals surface area contributed by atoms with Gasteiger partial charge in [-0.1, -0.05) is 226 Å². The SMILES string of the molecule is CCCCCCCCCCCCCCCCN(CCCCCCCCCCCCCCCC)C(C)(C)CCCCCCCC. The van der Waals surface area contributed by atoms with E-state index in [9.17, 15) is 0 Å². The molecule has 266 valence electrons. The van der Waals surface area contributed by atoms with Gasteiger partial charge in [-0.05, 0) is 46.2 Å². The van der Waals surface area contributed by atoms with Gasteiger partial charge in [-0.2, -0.15) is 0 Å². The van der Waals surface area contributed by atoms with Crippen LogP contribution in [0.15, 0.2) is 0 Å². The Balaban J connectivity index is 4.08. The van der Waals surface area contributed by atoms with Gasteiger partial charge in [0.05, 0.1) is 0 Å². The van der Waals surface area contributed by atoms with Gasteiger partial charge < -0.3 is 0 Å². The molecule has 0 rings (SSSR count). The van der Waals surface area contributed by atoms with E-state index in [1.165, 1.54) is 238 Å². The van der Waals surface area contributed by atoms with Gasteiger partial charge >= 0.3 is 0 Å². The average Bonchev–Trinajstić information content (AvgIpc) is 3.01. The lowest BCUT2D eigenvalue weighted by Gasteiger charge is -2.39. The van der Waals surface area contributed by atoms with Crippen molar-refractivity contribution in [3.8, 4) is 0 Å². The van der Waals surface area contributed by atoms with Crippen molar-refractivity contribution >= 4 is 0 Å². The van der Waals surface area contributed by atoms with Crippen molar-refractivity contribution in [1.29, 1.82) is 0 Å². The van der Waals surface area contributed by atoms with Crippen LogP contribution in [0.3, 0.4) is 0 Å². The van der Waals surface area contributed by atoms with Gasteiger partial charge in [-0.3, -0.25) is 4.90 Å². The van der Waals surface area contributed by atoms with Crippen molar-refractivity contribution < 1.29 is 0 Å². The van der Waals surface area contributed by atoms with Gasteiger partial charge in [0.1, 0.15) is 0 Å². The summed E-state index contributed by atoms with van der Waals surface area (Å²) >= 11 is 0. The summed E-state index contributed by atoms with van der Waals surface area (Å²) in [5, 5.41) is 0. The molecule has 0 spiro atoms. The number of rotatable bonds is 38. The van der Waals surface area contributed by atoms with E-state index in [4.69, 9.17) is 0 Å². The molecule has 44 heavy (non-hydrogen) atoms. The normalized spacial score (nSPS) is 12.1. The van der Waals surface area contributed by atoms with Crippen LogP contribution in [0.1, 0.15) is 259 Å². The molecule has 0 N–H and O–H groups in total. The van der Waals surface area contributed by atoms with E-state index in [-0.39, 0.29) is 0 Å². The van der Waals surface area contributed by atoms with Crippen LogP contribution in [-0.2, 0) is 0 Å². The quantitative estimate of drug-likeness (QED) is 0.0621. The second kappa shape index (κ2) is 35.8. The summed E-state index contributed by atoms with van der Waals surface area (Å²) < 4.78 is 0. The summed E-state index contributed by atoms with van der Waals surface area (Å²) in [5.74, 6) is 0. The monoisotopic (exact) mass is 620 g/mol. The molecule has 0 aliphatic heterocycles. The fourth-order valence-corrected chi connectivity index (χ4v) is 7.21. The Hall–Kier alpha value is -0.0400. The lowest BCUT2D eigenvalue weighted by molar-refractivity contribution is 0.102. The average molecular weight is 620 g/mol. The Bertz CT molecular complexity index is 479. The minimum absolute atomic E-state index is 0.373. The second-order valence-corrected chi connectivity index (χ2v) is 15.5. The summed E-state index contributed by atoms with van der Waals surface area (Å²) in [7, 11) is 0. The lowest BCUT2D eigenvalue weighted by Crippen LogP contribution is -2.45. The van der Waals surface area contributed by atoms with Gasteiger partial charge in [0, 0.05) is 5.54 Å². The molecule has 1 nitrogen and oxygen atoms in total. The van der Waals surface area contributed by atoms with E-state index in [1.807, 2.05) is 0 Å². The first-order valence-electron chi connectivity index (χ1n) is 21.3. The molecule has 0 fully saturated rings. The van der Waals surface area contributed by atoms with Crippen molar-refractivity contribution in [3.05, 3.63) is 0 Å². The lowest BCUT2D eigenvalue weighted by atomic mass is 9.93. The van der Waals surface area contributed by atoms with Gasteiger partial charge in [0.25, 0.3) is 0 Å².